The van der Waals surface area contributed by atoms with E-state index in [0.717, 1.165) is 5.56 Å². The molecule has 1 rings (SSSR count). The second kappa shape index (κ2) is 6.02. The fourth-order valence-electron chi connectivity index (χ4n) is 1.53. The average Bonchev–Trinajstić information content (AvgIpc) is 2.28. The number of aryl methyl sites for hydroxylation is 1. The minimum atomic E-state index is -3.88. The molecule has 0 saturated carbocycles. The van der Waals surface area contributed by atoms with Gasteiger partial charge in [-0.1, -0.05) is 26.0 Å². The van der Waals surface area contributed by atoms with E-state index in [1.807, 2.05) is 0 Å². The van der Waals surface area contributed by atoms with E-state index in [1.54, 1.807) is 32.9 Å². The Morgan fingerprint density at radius 2 is 1.95 bits per heavy atom. The topological polar surface area (TPSA) is 83.5 Å². The molecule has 0 heterocycles. The molecule has 1 aromatic rings. The number of aliphatic carboxylic acids is 1. The van der Waals surface area contributed by atoms with Crippen molar-refractivity contribution in [3.05, 3.63) is 28.2 Å². The summed E-state index contributed by atoms with van der Waals surface area (Å²) in [6.45, 7) is 5.05. The van der Waals surface area contributed by atoms with Gasteiger partial charge < -0.3 is 5.11 Å². The fourth-order valence-corrected chi connectivity index (χ4v) is 3.92. The second-order valence-electron chi connectivity index (χ2n) is 4.57. The van der Waals surface area contributed by atoms with E-state index in [9.17, 15) is 13.2 Å². The van der Waals surface area contributed by atoms with Crippen molar-refractivity contribution in [2.45, 2.75) is 31.7 Å². The Kier molecular flexibility index (Phi) is 5.11. The first-order valence-corrected chi connectivity index (χ1v) is 7.94. The first-order chi connectivity index (χ1) is 8.66. The van der Waals surface area contributed by atoms with Crippen LogP contribution in [0, 0.1) is 12.8 Å². The second-order valence-corrected chi connectivity index (χ2v) is 7.04. The summed E-state index contributed by atoms with van der Waals surface area (Å²) in [6, 6.07) is 3.65. The van der Waals surface area contributed by atoms with Gasteiger partial charge >= 0.3 is 5.97 Å². The number of hydrogen-bond acceptors (Lipinski definition) is 3. The molecule has 0 aromatic heterocycles. The maximum Gasteiger partial charge on any atom is 0.322 e. The van der Waals surface area contributed by atoms with Gasteiger partial charge in [0.05, 0.1) is 4.90 Å². The van der Waals surface area contributed by atoms with Gasteiger partial charge in [-0.15, -0.1) is 0 Å². The van der Waals surface area contributed by atoms with E-state index in [4.69, 9.17) is 5.11 Å². The fraction of sp³-hybridized carbons (Fsp3) is 0.417. The van der Waals surface area contributed by atoms with Crippen molar-refractivity contribution >= 4 is 31.9 Å². The minimum absolute atomic E-state index is 0.0411. The molecule has 0 fully saturated rings. The summed E-state index contributed by atoms with van der Waals surface area (Å²) in [4.78, 5) is 11.1. The lowest BCUT2D eigenvalue weighted by molar-refractivity contribution is -0.140. The van der Waals surface area contributed by atoms with Crippen LogP contribution in [0.2, 0.25) is 0 Å². The Balaban J connectivity index is 3.18. The van der Waals surface area contributed by atoms with Gasteiger partial charge in [-0.3, -0.25) is 4.79 Å². The van der Waals surface area contributed by atoms with Gasteiger partial charge in [-0.25, -0.2) is 8.42 Å². The molecule has 1 atom stereocenters. The number of nitrogens with one attached hydrogen (secondary N) is 1. The zero-order valence-corrected chi connectivity index (χ0v) is 13.2. The summed E-state index contributed by atoms with van der Waals surface area (Å²) in [6.07, 6.45) is 0. The van der Waals surface area contributed by atoms with Crippen molar-refractivity contribution in [1.29, 1.82) is 0 Å². The predicted octanol–water partition coefficient (Wildman–Crippen LogP) is 2.15. The highest BCUT2D eigenvalue weighted by atomic mass is 79.9. The van der Waals surface area contributed by atoms with E-state index in [2.05, 4.69) is 20.7 Å². The average molecular weight is 350 g/mol. The standard InChI is InChI=1S/C12H16BrNO4S/c1-7(2)11(12(15)16)14-19(17,18)9-6-4-5-8(3)10(9)13/h4-7,11,14H,1-3H3,(H,15,16)/t11-/m0/s1. The molecule has 0 aliphatic rings. The molecule has 0 aliphatic heterocycles. The third kappa shape index (κ3) is 3.77. The summed E-state index contributed by atoms with van der Waals surface area (Å²) in [5.74, 6) is -1.54. The van der Waals surface area contributed by atoms with Crippen molar-refractivity contribution in [2.75, 3.05) is 0 Å². The van der Waals surface area contributed by atoms with Gasteiger partial charge in [0.2, 0.25) is 10.0 Å². The highest BCUT2D eigenvalue weighted by Crippen LogP contribution is 2.25. The lowest BCUT2D eigenvalue weighted by Crippen LogP contribution is -2.44. The van der Waals surface area contributed by atoms with Gasteiger partial charge in [0.1, 0.15) is 6.04 Å². The van der Waals surface area contributed by atoms with Crippen molar-refractivity contribution in [1.82, 2.24) is 4.72 Å². The van der Waals surface area contributed by atoms with E-state index in [1.165, 1.54) is 6.07 Å². The lowest BCUT2D eigenvalue weighted by atomic mass is 10.1. The number of carboxylic acids is 1. The first kappa shape index (κ1) is 16.1. The van der Waals surface area contributed by atoms with Crippen LogP contribution in [-0.2, 0) is 14.8 Å². The number of hydrogen-bond donors (Lipinski definition) is 2. The molecule has 0 unspecified atom stereocenters. The molecule has 0 amide bonds. The molecule has 0 bridgehead atoms. The molecule has 0 saturated heterocycles. The molecule has 2 N–H and O–H groups in total. The number of halogens is 1. The van der Waals surface area contributed by atoms with E-state index < -0.39 is 22.0 Å². The summed E-state index contributed by atoms with van der Waals surface area (Å²) < 4.78 is 27.1. The van der Waals surface area contributed by atoms with Crippen molar-refractivity contribution in [3.8, 4) is 0 Å². The molecule has 7 heteroatoms. The molecular formula is C12H16BrNO4S. The van der Waals surface area contributed by atoms with Crippen LogP contribution in [0.4, 0.5) is 0 Å². The molecule has 0 aliphatic carbocycles. The SMILES string of the molecule is Cc1cccc(S(=O)(=O)N[C@H](C(=O)O)C(C)C)c1Br. The number of carbonyl (C=O) groups is 1. The van der Waals surface area contributed by atoms with E-state index in [-0.39, 0.29) is 10.8 Å². The predicted molar refractivity (Wildman–Crippen MR) is 75.5 cm³/mol. The molecule has 106 valence electrons. The number of sulfonamides is 1. The smallest absolute Gasteiger partial charge is 0.322 e. The van der Waals surface area contributed by atoms with E-state index >= 15 is 0 Å². The summed E-state index contributed by atoms with van der Waals surface area (Å²) in [7, 11) is -3.88. The Hall–Kier alpha value is -0.920. The monoisotopic (exact) mass is 349 g/mol. The largest absolute Gasteiger partial charge is 0.480 e. The summed E-state index contributed by atoms with van der Waals surface area (Å²) in [5, 5.41) is 9.04. The van der Waals surface area contributed by atoms with Gasteiger partial charge in [0.25, 0.3) is 0 Å². The third-order valence-electron chi connectivity index (χ3n) is 2.66. The van der Waals surface area contributed by atoms with Crippen molar-refractivity contribution in [3.63, 3.8) is 0 Å². The van der Waals surface area contributed by atoms with Crippen LogP contribution >= 0.6 is 15.9 Å². The van der Waals surface area contributed by atoms with Crippen LogP contribution in [0.5, 0.6) is 0 Å². The molecule has 0 radical (unpaired) electrons. The van der Waals surface area contributed by atoms with Crippen molar-refractivity contribution < 1.29 is 18.3 Å². The van der Waals surface area contributed by atoms with Crippen LogP contribution in [0.1, 0.15) is 19.4 Å². The van der Waals surface area contributed by atoms with Gasteiger partial charge in [-0.05, 0) is 40.4 Å². The third-order valence-corrected chi connectivity index (χ3v) is 5.46. The van der Waals surface area contributed by atoms with Crippen molar-refractivity contribution in [2.24, 2.45) is 5.92 Å². The van der Waals surface area contributed by atoms with Crippen LogP contribution in [0.15, 0.2) is 27.6 Å². The molecule has 0 spiro atoms. The molecule has 5 nitrogen and oxygen atoms in total. The lowest BCUT2D eigenvalue weighted by Gasteiger charge is -2.18. The summed E-state index contributed by atoms with van der Waals surface area (Å²) in [5.41, 5.74) is 0.763. The minimum Gasteiger partial charge on any atom is -0.480 e. The Morgan fingerprint density at radius 3 is 2.42 bits per heavy atom. The van der Waals surface area contributed by atoms with Gasteiger partial charge in [-0.2, -0.15) is 4.72 Å². The maximum atomic E-state index is 12.2. The van der Waals surface area contributed by atoms with Crippen LogP contribution in [-0.4, -0.2) is 25.5 Å². The van der Waals surface area contributed by atoms with Crippen LogP contribution in [0.25, 0.3) is 0 Å². The zero-order valence-electron chi connectivity index (χ0n) is 10.8. The van der Waals surface area contributed by atoms with Gasteiger partial charge in [0, 0.05) is 4.47 Å². The number of benzene rings is 1. The first-order valence-electron chi connectivity index (χ1n) is 5.67. The molecule has 1 aromatic carbocycles. The number of rotatable bonds is 5. The number of carboxylic acid groups (broad SMARTS) is 1. The Bertz CT molecular complexity index is 583. The Morgan fingerprint density at radius 1 is 1.37 bits per heavy atom. The Labute approximate surface area is 121 Å². The quantitative estimate of drug-likeness (QED) is 0.852. The highest BCUT2D eigenvalue weighted by Gasteiger charge is 2.29. The van der Waals surface area contributed by atoms with Crippen LogP contribution in [0.3, 0.4) is 0 Å². The summed E-state index contributed by atoms with van der Waals surface area (Å²) >= 11 is 3.21. The van der Waals surface area contributed by atoms with Gasteiger partial charge in [0.15, 0.2) is 0 Å². The zero-order chi connectivity index (χ0) is 14.8. The normalized spacial score (nSPS) is 13.5. The van der Waals surface area contributed by atoms with E-state index in [0.29, 0.717) is 4.47 Å². The maximum absolute atomic E-state index is 12.2. The van der Waals surface area contributed by atoms with Crippen LogP contribution < -0.4 is 4.72 Å². The molecular weight excluding hydrogens is 334 g/mol. The molecule has 19 heavy (non-hydrogen) atoms. The highest BCUT2D eigenvalue weighted by molar-refractivity contribution is 9.10.